The Labute approximate surface area is 148 Å². The number of amides is 1. The molecule has 1 aliphatic rings. The fourth-order valence-electron chi connectivity index (χ4n) is 2.26. The van der Waals surface area contributed by atoms with Gasteiger partial charge in [-0.3, -0.25) is 0 Å². The zero-order valence-electron chi connectivity index (χ0n) is 15.2. The molecule has 1 saturated heterocycles. The molecule has 1 amide bonds. The lowest BCUT2D eigenvalue weighted by Crippen LogP contribution is -2.41. The lowest BCUT2D eigenvalue weighted by molar-refractivity contribution is 0.00578. The molecule has 8 nitrogen and oxygen atoms in total. The number of unbranched alkanes of at least 4 members (excludes halogenated alkanes) is 1. The lowest BCUT2D eigenvalue weighted by atomic mass is 9.80. The van der Waals surface area contributed by atoms with E-state index in [0.29, 0.717) is 31.0 Å². The van der Waals surface area contributed by atoms with E-state index < -0.39 is 24.4 Å². The molecule has 1 aromatic rings. The first-order valence-corrected chi connectivity index (χ1v) is 8.28. The Balaban J connectivity index is 1.88. The second kappa shape index (κ2) is 7.49. The summed E-state index contributed by atoms with van der Waals surface area (Å²) in [7, 11) is -0.514. The van der Waals surface area contributed by atoms with Crippen LogP contribution in [0.4, 0.5) is 10.5 Å². The molecular formula is C16H26BN3O5. The standard InChI is InChI=1S/C16H26BN3O5/c1-15(2)16(3,4)25-17(24-15)11-9-12(18)13(20-10-11)22-7-5-6-8-23-14(19)21/h9-10H,5-8,18H2,1-4H3,(H2,19,21). The first-order valence-electron chi connectivity index (χ1n) is 8.28. The van der Waals surface area contributed by atoms with Gasteiger partial charge in [-0.05, 0) is 46.6 Å². The molecule has 1 aliphatic heterocycles. The molecule has 0 radical (unpaired) electrons. The fourth-order valence-corrected chi connectivity index (χ4v) is 2.26. The minimum absolute atomic E-state index is 0.266. The maximum absolute atomic E-state index is 10.4. The molecule has 0 atom stereocenters. The predicted octanol–water partition coefficient (Wildman–Crippen LogP) is 1.22. The Morgan fingerprint density at radius 3 is 2.36 bits per heavy atom. The van der Waals surface area contributed by atoms with Crippen LogP contribution < -0.4 is 21.7 Å². The smallest absolute Gasteiger partial charge is 0.476 e. The topological polar surface area (TPSA) is 119 Å². The van der Waals surface area contributed by atoms with Crippen LogP contribution >= 0.6 is 0 Å². The van der Waals surface area contributed by atoms with E-state index in [1.807, 2.05) is 27.7 Å². The number of hydrogen-bond donors (Lipinski definition) is 2. The highest BCUT2D eigenvalue weighted by atomic mass is 16.7. The number of primary amides is 1. The molecule has 138 valence electrons. The molecule has 25 heavy (non-hydrogen) atoms. The maximum Gasteiger partial charge on any atom is 0.496 e. The van der Waals surface area contributed by atoms with E-state index in [0.717, 1.165) is 5.46 Å². The van der Waals surface area contributed by atoms with Gasteiger partial charge in [0, 0.05) is 11.7 Å². The third-order valence-corrected chi connectivity index (χ3v) is 4.45. The molecule has 2 heterocycles. The summed E-state index contributed by atoms with van der Waals surface area (Å²) in [5.74, 6) is 0.357. The highest BCUT2D eigenvalue weighted by molar-refractivity contribution is 6.62. The number of nitrogen functional groups attached to an aromatic ring is 1. The summed E-state index contributed by atoms with van der Waals surface area (Å²) >= 11 is 0. The van der Waals surface area contributed by atoms with Crippen LogP contribution in [0, 0.1) is 0 Å². The van der Waals surface area contributed by atoms with Gasteiger partial charge in [0.25, 0.3) is 0 Å². The largest absolute Gasteiger partial charge is 0.496 e. The summed E-state index contributed by atoms with van der Waals surface area (Å²) < 4.78 is 22.2. The lowest BCUT2D eigenvalue weighted by Gasteiger charge is -2.32. The molecule has 0 spiro atoms. The van der Waals surface area contributed by atoms with Gasteiger partial charge in [0.15, 0.2) is 0 Å². The van der Waals surface area contributed by atoms with Crippen molar-refractivity contribution in [2.45, 2.75) is 51.7 Å². The van der Waals surface area contributed by atoms with E-state index in [-0.39, 0.29) is 6.61 Å². The van der Waals surface area contributed by atoms with Crippen LogP contribution in [0.5, 0.6) is 5.88 Å². The Kier molecular flexibility index (Phi) is 5.79. The van der Waals surface area contributed by atoms with Gasteiger partial charge in [0.2, 0.25) is 5.88 Å². The van der Waals surface area contributed by atoms with Crippen LogP contribution in [-0.4, -0.2) is 42.6 Å². The van der Waals surface area contributed by atoms with Crippen molar-refractivity contribution in [3.63, 3.8) is 0 Å². The van der Waals surface area contributed by atoms with Gasteiger partial charge in [0.05, 0.1) is 30.1 Å². The quantitative estimate of drug-likeness (QED) is 0.560. The van der Waals surface area contributed by atoms with Crippen LogP contribution in [0.15, 0.2) is 12.3 Å². The Hall–Kier alpha value is -2.00. The number of hydrogen-bond acceptors (Lipinski definition) is 7. The van der Waals surface area contributed by atoms with E-state index in [9.17, 15) is 4.79 Å². The monoisotopic (exact) mass is 351 g/mol. The molecule has 0 saturated carbocycles. The second-order valence-corrected chi connectivity index (χ2v) is 6.97. The first-order chi connectivity index (χ1) is 11.6. The highest BCUT2D eigenvalue weighted by Gasteiger charge is 2.51. The highest BCUT2D eigenvalue weighted by Crippen LogP contribution is 2.36. The van der Waals surface area contributed by atoms with Crippen molar-refractivity contribution in [3.8, 4) is 5.88 Å². The van der Waals surface area contributed by atoms with Gasteiger partial charge >= 0.3 is 13.2 Å². The summed E-state index contributed by atoms with van der Waals surface area (Å²) in [6, 6.07) is 1.75. The fraction of sp³-hybridized carbons (Fsp3) is 0.625. The minimum atomic E-state index is -0.773. The van der Waals surface area contributed by atoms with Gasteiger partial charge in [-0.25, -0.2) is 9.78 Å². The molecule has 0 bridgehead atoms. The summed E-state index contributed by atoms with van der Waals surface area (Å²) in [6.45, 7) is 8.64. The van der Waals surface area contributed by atoms with Gasteiger partial charge in [0.1, 0.15) is 0 Å². The Morgan fingerprint density at radius 1 is 1.20 bits per heavy atom. The summed E-state index contributed by atoms with van der Waals surface area (Å²) in [5.41, 5.74) is 11.2. The van der Waals surface area contributed by atoms with E-state index in [4.69, 9.17) is 25.5 Å². The van der Waals surface area contributed by atoms with Crippen LogP contribution in [0.25, 0.3) is 0 Å². The maximum atomic E-state index is 10.4. The van der Waals surface area contributed by atoms with Gasteiger partial charge < -0.3 is 30.2 Å². The SMILES string of the molecule is CC1(C)OB(c2cnc(OCCCCOC(N)=O)c(N)c2)OC1(C)C. The average Bonchev–Trinajstić information content (AvgIpc) is 2.72. The number of nitrogens with zero attached hydrogens (tertiary/aromatic N) is 1. The van der Waals surface area contributed by atoms with Crippen molar-refractivity contribution in [2.75, 3.05) is 18.9 Å². The summed E-state index contributed by atoms with van der Waals surface area (Å²) in [5, 5.41) is 0. The third kappa shape index (κ3) is 4.76. The molecule has 1 aromatic heterocycles. The number of aromatic nitrogens is 1. The van der Waals surface area contributed by atoms with Crippen molar-refractivity contribution in [1.29, 1.82) is 0 Å². The predicted molar refractivity (Wildman–Crippen MR) is 94.6 cm³/mol. The van der Waals surface area contributed by atoms with Crippen molar-refractivity contribution in [3.05, 3.63) is 12.3 Å². The van der Waals surface area contributed by atoms with Crippen LogP contribution in [0.2, 0.25) is 0 Å². The molecule has 9 heteroatoms. The first kappa shape index (κ1) is 19.3. The van der Waals surface area contributed by atoms with Crippen molar-refractivity contribution in [2.24, 2.45) is 5.73 Å². The van der Waals surface area contributed by atoms with E-state index in [2.05, 4.69) is 9.72 Å². The molecule has 0 aliphatic carbocycles. The van der Waals surface area contributed by atoms with Gasteiger partial charge in [-0.1, -0.05) is 0 Å². The molecule has 2 rings (SSSR count). The number of pyridine rings is 1. The zero-order valence-corrected chi connectivity index (χ0v) is 15.2. The average molecular weight is 351 g/mol. The number of rotatable bonds is 7. The Bertz CT molecular complexity index is 608. The Morgan fingerprint density at radius 2 is 1.80 bits per heavy atom. The summed E-state index contributed by atoms with van der Waals surface area (Å²) in [6.07, 6.45) is 2.21. The molecule has 4 N–H and O–H groups in total. The third-order valence-electron chi connectivity index (χ3n) is 4.45. The summed E-state index contributed by atoms with van der Waals surface area (Å²) in [4.78, 5) is 14.7. The molecule has 0 aromatic carbocycles. The number of carbonyl (C=O) groups is 1. The minimum Gasteiger partial charge on any atom is -0.476 e. The number of ether oxygens (including phenoxy) is 2. The van der Waals surface area contributed by atoms with Gasteiger partial charge in [-0.15, -0.1) is 0 Å². The van der Waals surface area contributed by atoms with E-state index >= 15 is 0 Å². The van der Waals surface area contributed by atoms with Crippen molar-refractivity contribution < 1.29 is 23.6 Å². The molecular weight excluding hydrogens is 325 g/mol. The number of anilines is 1. The normalized spacial score (nSPS) is 18.2. The van der Waals surface area contributed by atoms with Crippen LogP contribution in [-0.2, 0) is 14.0 Å². The van der Waals surface area contributed by atoms with E-state index in [1.54, 1.807) is 12.3 Å². The van der Waals surface area contributed by atoms with E-state index in [1.165, 1.54) is 0 Å². The number of carbonyl (C=O) groups excluding carboxylic acids is 1. The molecule has 0 unspecified atom stereocenters. The van der Waals surface area contributed by atoms with Gasteiger partial charge in [-0.2, -0.15) is 0 Å². The van der Waals surface area contributed by atoms with Crippen molar-refractivity contribution in [1.82, 2.24) is 4.98 Å². The van der Waals surface area contributed by atoms with Crippen molar-refractivity contribution >= 4 is 24.4 Å². The van der Waals surface area contributed by atoms with Crippen LogP contribution in [0.1, 0.15) is 40.5 Å². The van der Waals surface area contributed by atoms with Crippen LogP contribution in [0.3, 0.4) is 0 Å². The molecule has 1 fully saturated rings. The second-order valence-electron chi connectivity index (χ2n) is 6.97. The number of nitrogens with two attached hydrogens (primary N) is 2. The zero-order chi connectivity index (χ0) is 18.7.